The Kier molecular flexibility index (Phi) is 11.4. The van der Waals surface area contributed by atoms with E-state index in [2.05, 4.69) is 33.8 Å². The molecule has 0 saturated heterocycles. The standard InChI is InChI=1S/C23H32N4O3.HI/c1-24-23(26-13-6-15-29-18-21-9-5-16-30-21)25-12-4-10-22(28)27-14-11-19-7-2-3-8-20(19)17-27;/h2-3,5,7-9,16H,4,6,10-15,17-18H2,1H3,(H2,24,25,26);1H. The van der Waals surface area contributed by atoms with Crippen molar-refractivity contribution in [3.8, 4) is 0 Å². The Morgan fingerprint density at radius 3 is 2.65 bits per heavy atom. The number of carbonyl (C=O) groups excluding carboxylic acids is 1. The van der Waals surface area contributed by atoms with Crippen LogP contribution in [0.5, 0.6) is 0 Å². The van der Waals surface area contributed by atoms with Crippen molar-refractivity contribution in [2.24, 2.45) is 4.99 Å². The number of hydrogen-bond acceptors (Lipinski definition) is 4. The minimum Gasteiger partial charge on any atom is -0.467 e. The zero-order valence-corrected chi connectivity index (χ0v) is 20.5. The Morgan fingerprint density at radius 2 is 1.90 bits per heavy atom. The number of ether oxygens (including phenoxy) is 1. The maximum Gasteiger partial charge on any atom is 0.222 e. The molecule has 2 heterocycles. The average molecular weight is 540 g/mol. The number of furan rings is 1. The molecule has 0 atom stereocenters. The van der Waals surface area contributed by atoms with Crippen molar-refractivity contribution in [2.75, 3.05) is 33.3 Å². The number of guanidine groups is 1. The summed E-state index contributed by atoms with van der Waals surface area (Å²) in [7, 11) is 1.75. The zero-order chi connectivity index (χ0) is 21.0. The van der Waals surface area contributed by atoms with E-state index < -0.39 is 0 Å². The fraction of sp³-hybridized carbons (Fsp3) is 0.478. The molecule has 0 spiro atoms. The number of aliphatic imine (C=N–C) groups is 1. The topological polar surface area (TPSA) is 79.1 Å². The van der Waals surface area contributed by atoms with Gasteiger partial charge in [0.25, 0.3) is 0 Å². The van der Waals surface area contributed by atoms with E-state index in [1.807, 2.05) is 23.1 Å². The first kappa shape index (κ1) is 25.2. The molecule has 0 unspecified atom stereocenters. The summed E-state index contributed by atoms with van der Waals surface area (Å²) >= 11 is 0. The van der Waals surface area contributed by atoms with Crippen molar-refractivity contribution >= 4 is 35.8 Å². The monoisotopic (exact) mass is 540 g/mol. The van der Waals surface area contributed by atoms with Crippen molar-refractivity contribution in [2.45, 2.75) is 38.8 Å². The van der Waals surface area contributed by atoms with Crippen molar-refractivity contribution < 1.29 is 13.9 Å². The van der Waals surface area contributed by atoms with Gasteiger partial charge >= 0.3 is 0 Å². The molecule has 2 N–H and O–H groups in total. The number of halogens is 1. The van der Waals surface area contributed by atoms with Crippen LogP contribution < -0.4 is 10.6 Å². The highest BCUT2D eigenvalue weighted by Crippen LogP contribution is 2.19. The third-order valence-corrected chi connectivity index (χ3v) is 5.15. The van der Waals surface area contributed by atoms with Crippen molar-refractivity contribution in [3.05, 3.63) is 59.5 Å². The SMILES string of the molecule is CN=C(NCCCOCc1ccco1)NCCCC(=O)N1CCc2ccccc2C1.I. The van der Waals surface area contributed by atoms with E-state index >= 15 is 0 Å². The van der Waals surface area contributed by atoms with E-state index in [4.69, 9.17) is 9.15 Å². The summed E-state index contributed by atoms with van der Waals surface area (Å²) in [5.74, 6) is 1.81. The zero-order valence-electron chi connectivity index (χ0n) is 18.1. The molecule has 31 heavy (non-hydrogen) atoms. The van der Waals surface area contributed by atoms with Gasteiger partial charge in [0.1, 0.15) is 12.4 Å². The average Bonchev–Trinajstić information content (AvgIpc) is 3.30. The Labute approximate surface area is 201 Å². The van der Waals surface area contributed by atoms with Crippen LogP contribution in [-0.2, 0) is 29.1 Å². The first-order valence-corrected chi connectivity index (χ1v) is 10.7. The van der Waals surface area contributed by atoms with E-state index in [0.717, 1.165) is 50.6 Å². The summed E-state index contributed by atoms with van der Waals surface area (Å²) in [5, 5.41) is 6.53. The van der Waals surface area contributed by atoms with Gasteiger partial charge in [-0.2, -0.15) is 0 Å². The molecule has 8 heteroatoms. The second-order valence-corrected chi connectivity index (χ2v) is 7.35. The Balaban J connectivity index is 0.00000341. The normalized spacial score (nSPS) is 13.3. The molecule has 0 fully saturated rings. The van der Waals surface area contributed by atoms with Crippen molar-refractivity contribution in [1.82, 2.24) is 15.5 Å². The van der Waals surface area contributed by atoms with E-state index in [-0.39, 0.29) is 29.9 Å². The number of carbonyl (C=O) groups is 1. The maximum absolute atomic E-state index is 12.5. The van der Waals surface area contributed by atoms with E-state index in [0.29, 0.717) is 26.2 Å². The second kappa shape index (κ2) is 14.1. The molecule has 0 bridgehead atoms. The molecule has 0 radical (unpaired) electrons. The minimum atomic E-state index is 0. The van der Waals surface area contributed by atoms with Crippen molar-refractivity contribution in [1.29, 1.82) is 0 Å². The van der Waals surface area contributed by atoms with Crippen molar-refractivity contribution in [3.63, 3.8) is 0 Å². The van der Waals surface area contributed by atoms with Gasteiger partial charge in [-0.3, -0.25) is 9.79 Å². The second-order valence-electron chi connectivity index (χ2n) is 7.35. The smallest absolute Gasteiger partial charge is 0.222 e. The van der Waals surface area contributed by atoms with Crippen LogP contribution in [0.2, 0.25) is 0 Å². The molecule has 0 saturated carbocycles. The summed E-state index contributed by atoms with van der Waals surface area (Å²) in [4.78, 5) is 18.7. The largest absolute Gasteiger partial charge is 0.467 e. The van der Waals surface area contributed by atoms with Gasteiger partial charge in [-0.15, -0.1) is 24.0 Å². The molecule has 170 valence electrons. The summed E-state index contributed by atoms with van der Waals surface area (Å²) in [5.41, 5.74) is 2.64. The van der Waals surface area contributed by atoms with Crippen LogP contribution in [0.1, 0.15) is 36.1 Å². The number of nitrogens with one attached hydrogen (secondary N) is 2. The van der Waals surface area contributed by atoms with Crippen LogP contribution in [0, 0.1) is 0 Å². The van der Waals surface area contributed by atoms with Crippen LogP contribution in [0.15, 0.2) is 52.1 Å². The summed E-state index contributed by atoms with van der Waals surface area (Å²) in [6.45, 7) is 4.17. The predicted molar refractivity (Wildman–Crippen MR) is 133 cm³/mol. The molecule has 0 aliphatic carbocycles. The first-order valence-electron chi connectivity index (χ1n) is 10.7. The Morgan fingerprint density at radius 1 is 1.13 bits per heavy atom. The molecule has 1 aliphatic rings. The molecule has 3 rings (SSSR count). The number of nitrogens with zero attached hydrogens (tertiary/aromatic N) is 2. The lowest BCUT2D eigenvalue weighted by Crippen LogP contribution is -2.39. The Hall–Kier alpha value is -2.07. The van der Waals surface area contributed by atoms with Crippen LogP contribution in [0.25, 0.3) is 0 Å². The van der Waals surface area contributed by atoms with Gasteiger partial charge in [-0.05, 0) is 42.5 Å². The molecular formula is C23H33IN4O3. The maximum atomic E-state index is 12.5. The van der Waals surface area contributed by atoms with Gasteiger partial charge in [-0.1, -0.05) is 24.3 Å². The molecule has 1 aliphatic heterocycles. The number of fused-ring (bicyclic) bond motifs is 1. The summed E-state index contributed by atoms with van der Waals surface area (Å²) in [6.07, 6.45) is 4.80. The quantitative estimate of drug-likeness (QED) is 0.209. The molecule has 1 aromatic heterocycles. The highest BCUT2D eigenvalue weighted by molar-refractivity contribution is 14.0. The molecule has 2 aromatic rings. The van der Waals surface area contributed by atoms with Gasteiger partial charge in [0.15, 0.2) is 5.96 Å². The molecule has 1 amide bonds. The fourth-order valence-electron chi connectivity index (χ4n) is 3.48. The molecule has 7 nitrogen and oxygen atoms in total. The minimum absolute atomic E-state index is 0. The van der Waals surface area contributed by atoms with Crippen LogP contribution in [-0.4, -0.2) is 50.1 Å². The van der Waals surface area contributed by atoms with Crippen LogP contribution >= 0.6 is 24.0 Å². The summed E-state index contributed by atoms with van der Waals surface area (Å²) < 4.78 is 10.8. The number of rotatable bonds is 10. The van der Waals surface area contributed by atoms with Crippen LogP contribution in [0.3, 0.4) is 0 Å². The highest BCUT2D eigenvalue weighted by atomic mass is 127. The van der Waals surface area contributed by atoms with Gasteiger partial charge in [-0.25, -0.2) is 0 Å². The predicted octanol–water partition coefficient (Wildman–Crippen LogP) is 3.33. The lowest BCUT2D eigenvalue weighted by atomic mass is 9.99. The van der Waals surface area contributed by atoms with E-state index in [9.17, 15) is 4.79 Å². The lowest BCUT2D eigenvalue weighted by Gasteiger charge is -2.29. The summed E-state index contributed by atoms with van der Waals surface area (Å²) in [6, 6.07) is 12.1. The van der Waals surface area contributed by atoms with Gasteiger partial charge in [0.2, 0.25) is 5.91 Å². The van der Waals surface area contributed by atoms with E-state index in [1.54, 1.807) is 13.3 Å². The van der Waals surface area contributed by atoms with Gasteiger partial charge in [0, 0.05) is 46.3 Å². The fourth-order valence-corrected chi connectivity index (χ4v) is 3.48. The first-order chi connectivity index (χ1) is 14.8. The number of benzene rings is 1. The number of hydrogen-bond donors (Lipinski definition) is 2. The Bertz CT molecular complexity index is 811. The highest BCUT2D eigenvalue weighted by Gasteiger charge is 2.19. The van der Waals surface area contributed by atoms with Crippen LogP contribution in [0.4, 0.5) is 0 Å². The number of amides is 1. The lowest BCUT2D eigenvalue weighted by molar-refractivity contribution is -0.132. The van der Waals surface area contributed by atoms with Gasteiger partial charge in [0.05, 0.1) is 6.26 Å². The third kappa shape index (κ3) is 8.53. The van der Waals surface area contributed by atoms with Gasteiger partial charge < -0.3 is 24.7 Å². The van der Waals surface area contributed by atoms with E-state index in [1.165, 1.54) is 11.1 Å². The molecule has 1 aromatic carbocycles. The molecular weight excluding hydrogens is 507 g/mol. The third-order valence-electron chi connectivity index (χ3n) is 5.15.